The van der Waals surface area contributed by atoms with Crippen LogP contribution in [0.2, 0.25) is 0 Å². The van der Waals surface area contributed by atoms with Crippen LogP contribution in [0.4, 0.5) is 14.5 Å². The van der Waals surface area contributed by atoms with E-state index in [4.69, 9.17) is 4.74 Å². The summed E-state index contributed by atoms with van der Waals surface area (Å²) < 4.78 is 34.2. The maximum Gasteiger partial charge on any atom is 0.248 e. The van der Waals surface area contributed by atoms with E-state index in [0.29, 0.717) is 45.9 Å². The van der Waals surface area contributed by atoms with E-state index < -0.39 is 5.82 Å². The molecule has 4 aromatic rings. The molecule has 0 atom stereocenters. The number of anilines is 1. The molecule has 0 bridgehead atoms. The first kappa shape index (κ1) is 25.1. The van der Waals surface area contributed by atoms with Crippen molar-refractivity contribution in [3.8, 4) is 28.0 Å². The van der Waals surface area contributed by atoms with Gasteiger partial charge in [-0.15, -0.1) is 0 Å². The lowest BCUT2D eigenvalue weighted by Crippen LogP contribution is -2.13. The minimum Gasteiger partial charge on any atom is -0.496 e. The number of carbonyl (C=O) groups excluding carboxylic acids is 1. The fourth-order valence-corrected chi connectivity index (χ4v) is 4.07. The molecule has 6 nitrogen and oxygen atoms in total. The molecule has 1 amide bonds. The van der Waals surface area contributed by atoms with E-state index >= 15 is 0 Å². The number of amides is 1. The Morgan fingerprint density at radius 3 is 2.61 bits per heavy atom. The van der Waals surface area contributed by atoms with Gasteiger partial charge >= 0.3 is 0 Å². The highest BCUT2D eigenvalue weighted by molar-refractivity contribution is 6.01. The monoisotopic (exact) mass is 490 g/mol. The molecule has 0 aliphatic heterocycles. The largest absolute Gasteiger partial charge is 0.496 e. The number of fused-ring (bicyclic) bond motifs is 1. The minimum absolute atomic E-state index is 0.336. The molecule has 0 spiro atoms. The number of aryl methyl sites for hydroxylation is 1. The van der Waals surface area contributed by atoms with Crippen LogP contribution in [0.1, 0.15) is 11.1 Å². The molecule has 0 aliphatic carbocycles. The van der Waals surface area contributed by atoms with Crippen LogP contribution in [-0.2, 0) is 4.79 Å². The summed E-state index contributed by atoms with van der Waals surface area (Å²) >= 11 is 0. The summed E-state index contributed by atoms with van der Waals surface area (Å²) in [5, 5.41) is 3.54. The van der Waals surface area contributed by atoms with Crippen molar-refractivity contribution in [2.75, 3.05) is 33.1 Å². The van der Waals surface area contributed by atoms with Crippen LogP contribution in [0.15, 0.2) is 54.9 Å². The number of pyridine rings is 1. The van der Waals surface area contributed by atoms with Crippen LogP contribution in [0.25, 0.3) is 33.3 Å². The van der Waals surface area contributed by atoms with E-state index in [1.54, 1.807) is 31.5 Å². The molecule has 2 N–H and O–H groups in total. The molecular formula is C28H28F2N4O2. The van der Waals surface area contributed by atoms with E-state index in [1.165, 1.54) is 31.4 Å². The Bertz CT molecular complexity index is 1470. The maximum absolute atomic E-state index is 14.6. The summed E-state index contributed by atoms with van der Waals surface area (Å²) in [4.78, 5) is 22.0. The van der Waals surface area contributed by atoms with Crippen LogP contribution in [0.3, 0.4) is 0 Å². The number of hydrogen-bond donors (Lipinski definition) is 2. The summed E-state index contributed by atoms with van der Waals surface area (Å²) in [5.41, 5.74) is 5.00. The average molecular weight is 491 g/mol. The van der Waals surface area contributed by atoms with Crippen molar-refractivity contribution in [1.29, 1.82) is 0 Å². The van der Waals surface area contributed by atoms with Crippen molar-refractivity contribution in [1.82, 2.24) is 14.9 Å². The highest BCUT2D eigenvalue weighted by atomic mass is 19.1. The van der Waals surface area contributed by atoms with Crippen molar-refractivity contribution in [2.24, 2.45) is 0 Å². The van der Waals surface area contributed by atoms with E-state index in [1.807, 2.05) is 32.0 Å². The Kier molecular flexibility index (Phi) is 7.17. The molecule has 0 radical (unpaired) electrons. The van der Waals surface area contributed by atoms with Crippen molar-refractivity contribution in [3.05, 3.63) is 77.6 Å². The van der Waals surface area contributed by atoms with Gasteiger partial charge in [-0.05, 0) is 68.9 Å². The zero-order chi connectivity index (χ0) is 26.0. The van der Waals surface area contributed by atoms with Gasteiger partial charge in [0.25, 0.3) is 0 Å². The average Bonchev–Trinajstić information content (AvgIpc) is 3.25. The Labute approximate surface area is 208 Å². The summed E-state index contributed by atoms with van der Waals surface area (Å²) in [6.07, 6.45) is 6.62. The smallest absolute Gasteiger partial charge is 0.248 e. The highest BCUT2D eigenvalue weighted by Crippen LogP contribution is 2.38. The Morgan fingerprint density at radius 1 is 1.11 bits per heavy atom. The number of benzene rings is 2. The molecule has 2 heterocycles. The van der Waals surface area contributed by atoms with E-state index in [9.17, 15) is 13.6 Å². The predicted molar refractivity (Wildman–Crippen MR) is 139 cm³/mol. The molecule has 0 aliphatic rings. The van der Waals surface area contributed by atoms with E-state index in [0.717, 1.165) is 16.5 Å². The standard InChI is InChI=1S/C28H28F2N4O2/c1-16-9-21(26(36-5)13-24(16)30)23-15-32-28-22(23)10-18(14-31-28)20-11-19(29)12-25(17(20)2)33-27(35)7-6-8-34(3)4/h6-7,9-15H,8H2,1-5H3,(H,31,32)(H,33,35). The van der Waals surface area contributed by atoms with Gasteiger partial charge in [-0.2, -0.15) is 0 Å². The van der Waals surface area contributed by atoms with Crippen LogP contribution >= 0.6 is 0 Å². The molecule has 36 heavy (non-hydrogen) atoms. The third-order valence-corrected chi connectivity index (χ3v) is 5.98. The molecule has 0 fully saturated rings. The molecule has 2 aromatic carbocycles. The highest BCUT2D eigenvalue weighted by Gasteiger charge is 2.17. The molecule has 0 unspecified atom stereocenters. The summed E-state index contributed by atoms with van der Waals surface area (Å²) in [7, 11) is 5.30. The SMILES string of the molecule is COc1cc(F)c(C)cc1-c1c[nH]c2ncc(-c3cc(F)cc(NC(=O)C=CCN(C)C)c3C)cc12. The Hall–Kier alpha value is -4.04. The second kappa shape index (κ2) is 10.3. The van der Waals surface area contributed by atoms with Crippen LogP contribution in [-0.4, -0.2) is 48.5 Å². The number of aromatic nitrogens is 2. The number of nitrogens with zero attached hydrogens (tertiary/aromatic N) is 2. The summed E-state index contributed by atoms with van der Waals surface area (Å²) in [6.45, 7) is 4.13. The second-order valence-corrected chi connectivity index (χ2v) is 8.90. The second-order valence-electron chi connectivity index (χ2n) is 8.90. The number of nitrogens with one attached hydrogen (secondary N) is 2. The quantitative estimate of drug-likeness (QED) is 0.319. The topological polar surface area (TPSA) is 70.2 Å². The van der Waals surface area contributed by atoms with Gasteiger partial charge in [0.1, 0.15) is 23.0 Å². The number of ether oxygens (including phenoxy) is 1. The van der Waals surface area contributed by atoms with Crippen molar-refractivity contribution < 1.29 is 18.3 Å². The van der Waals surface area contributed by atoms with Gasteiger partial charge in [-0.25, -0.2) is 13.8 Å². The molecule has 4 rings (SSSR count). The molecule has 0 saturated heterocycles. The summed E-state index contributed by atoms with van der Waals surface area (Å²) in [5.74, 6) is -0.764. The van der Waals surface area contributed by atoms with Gasteiger partial charge in [0.15, 0.2) is 0 Å². The van der Waals surface area contributed by atoms with Crippen molar-refractivity contribution in [3.63, 3.8) is 0 Å². The minimum atomic E-state index is -0.478. The van der Waals surface area contributed by atoms with Crippen molar-refractivity contribution in [2.45, 2.75) is 13.8 Å². The van der Waals surface area contributed by atoms with Crippen molar-refractivity contribution >= 4 is 22.6 Å². The first-order valence-corrected chi connectivity index (χ1v) is 11.4. The normalized spacial score (nSPS) is 11.6. The van der Waals surface area contributed by atoms with Gasteiger partial charge in [0.05, 0.1) is 7.11 Å². The fraction of sp³-hybridized carbons (Fsp3) is 0.214. The maximum atomic E-state index is 14.6. The predicted octanol–water partition coefficient (Wildman–Crippen LogP) is 5.86. The number of hydrogen-bond acceptors (Lipinski definition) is 4. The van der Waals surface area contributed by atoms with Gasteiger partial charge in [0.2, 0.25) is 5.91 Å². The van der Waals surface area contributed by atoms with E-state index in [-0.39, 0.29) is 11.7 Å². The van der Waals surface area contributed by atoms with Gasteiger partial charge < -0.3 is 19.9 Å². The van der Waals surface area contributed by atoms with Gasteiger partial charge in [0, 0.05) is 58.8 Å². The Balaban J connectivity index is 1.76. The molecule has 8 heteroatoms. The third-order valence-electron chi connectivity index (χ3n) is 5.98. The molecular weight excluding hydrogens is 462 g/mol. The number of methoxy groups -OCH3 is 1. The number of H-pyrrole nitrogens is 1. The number of aromatic amines is 1. The zero-order valence-electron chi connectivity index (χ0n) is 20.9. The molecule has 186 valence electrons. The van der Waals surface area contributed by atoms with Crippen LogP contribution in [0, 0.1) is 25.5 Å². The fourth-order valence-electron chi connectivity index (χ4n) is 4.07. The van der Waals surface area contributed by atoms with E-state index in [2.05, 4.69) is 15.3 Å². The number of rotatable bonds is 7. The number of carbonyl (C=O) groups is 1. The number of likely N-dealkylation sites (N-methyl/N-ethyl adjacent to an activating group) is 1. The van der Waals surface area contributed by atoms with Crippen LogP contribution < -0.4 is 10.1 Å². The Morgan fingerprint density at radius 2 is 1.89 bits per heavy atom. The number of halogens is 2. The first-order chi connectivity index (χ1) is 17.2. The van der Waals surface area contributed by atoms with Gasteiger partial charge in [-0.3, -0.25) is 4.79 Å². The zero-order valence-corrected chi connectivity index (χ0v) is 20.9. The lowest BCUT2D eigenvalue weighted by molar-refractivity contribution is -0.111. The lowest BCUT2D eigenvalue weighted by atomic mass is 9.97. The lowest BCUT2D eigenvalue weighted by Gasteiger charge is -2.13. The summed E-state index contributed by atoms with van der Waals surface area (Å²) in [6, 6.07) is 7.71. The molecule has 0 saturated carbocycles. The third kappa shape index (κ3) is 5.13. The van der Waals surface area contributed by atoms with Gasteiger partial charge in [-0.1, -0.05) is 6.08 Å². The van der Waals surface area contributed by atoms with Crippen LogP contribution in [0.5, 0.6) is 5.75 Å². The molecule has 2 aromatic heterocycles. The first-order valence-electron chi connectivity index (χ1n) is 11.4.